The number of rotatable bonds is 3. The first-order valence-corrected chi connectivity index (χ1v) is 10.6. The van der Waals surface area contributed by atoms with Crippen LogP contribution in [0.15, 0.2) is 11.1 Å². The van der Waals surface area contributed by atoms with Crippen molar-refractivity contribution in [2.75, 3.05) is 11.5 Å². The predicted octanol–water partition coefficient (Wildman–Crippen LogP) is 4.04. The number of ether oxygens (including phenoxy) is 1. The molecule has 144 valence electrons. The molecular weight excluding hydrogens is 362 g/mol. The number of aryl methyl sites for hydroxylation is 1. The van der Waals surface area contributed by atoms with Crippen LogP contribution in [0, 0.1) is 11.8 Å². The number of fused-ring (bicyclic) bond motifs is 2. The standard InChI is InChI=1S/C21H25NO4S/c1-4-26-21(25)17-13-7-5-6-8-16(13)27-20(17)22-18(23)14-9-11(2)12(3)10-15(14)19(22)24/h14-15H,4-10H2,1-3H3/t14-,15-/m1/s1. The van der Waals surface area contributed by atoms with E-state index < -0.39 is 5.97 Å². The van der Waals surface area contributed by atoms with Crippen LogP contribution in [0.4, 0.5) is 5.00 Å². The minimum atomic E-state index is -0.409. The first-order valence-electron chi connectivity index (χ1n) is 9.78. The SMILES string of the molecule is CCOC(=O)c1c(N2C(=O)[C@@H]3CC(C)=C(C)C[C@H]3C2=O)sc2c1CCCC2. The van der Waals surface area contributed by atoms with E-state index in [1.807, 2.05) is 13.8 Å². The van der Waals surface area contributed by atoms with Crippen molar-refractivity contribution in [3.63, 3.8) is 0 Å². The maximum Gasteiger partial charge on any atom is 0.341 e. The molecule has 2 amide bonds. The van der Waals surface area contributed by atoms with Gasteiger partial charge in [-0.2, -0.15) is 0 Å². The molecular formula is C21H25NO4S. The number of hydrogen-bond donors (Lipinski definition) is 0. The van der Waals surface area contributed by atoms with Gasteiger partial charge in [-0.25, -0.2) is 9.69 Å². The molecule has 0 bridgehead atoms. The second kappa shape index (κ2) is 6.89. The second-order valence-electron chi connectivity index (χ2n) is 7.81. The van der Waals surface area contributed by atoms with Crippen LogP contribution in [-0.2, 0) is 27.2 Å². The third kappa shape index (κ3) is 2.85. The lowest BCUT2D eigenvalue weighted by atomic mass is 9.78. The Labute approximate surface area is 163 Å². The quantitative estimate of drug-likeness (QED) is 0.446. The van der Waals surface area contributed by atoms with Gasteiger partial charge in [0, 0.05) is 4.88 Å². The fraction of sp³-hybridized carbons (Fsp3) is 0.571. The van der Waals surface area contributed by atoms with Gasteiger partial charge >= 0.3 is 5.97 Å². The Balaban J connectivity index is 1.78. The zero-order chi connectivity index (χ0) is 19.3. The average Bonchev–Trinajstić information content (AvgIpc) is 3.12. The minimum absolute atomic E-state index is 0.152. The highest BCUT2D eigenvalue weighted by Crippen LogP contribution is 2.47. The van der Waals surface area contributed by atoms with E-state index in [9.17, 15) is 14.4 Å². The number of carbonyl (C=O) groups excluding carboxylic acids is 3. The number of anilines is 1. The molecule has 2 heterocycles. The maximum absolute atomic E-state index is 13.2. The van der Waals surface area contributed by atoms with Crippen molar-refractivity contribution in [1.29, 1.82) is 0 Å². The molecule has 3 aliphatic rings. The van der Waals surface area contributed by atoms with Gasteiger partial charge in [-0.1, -0.05) is 11.1 Å². The van der Waals surface area contributed by atoms with Gasteiger partial charge in [0.15, 0.2) is 0 Å². The molecule has 1 aromatic heterocycles. The highest BCUT2D eigenvalue weighted by molar-refractivity contribution is 7.17. The lowest BCUT2D eigenvalue weighted by molar-refractivity contribution is -0.122. The molecule has 6 heteroatoms. The Morgan fingerprint density at radius 1 is 1.07 bits per heavy atom. The van der Waals surface area contributed by atoms with Crippen LogP contribution in [0.5, 0.6) is 0 Å². The number of thiophene rings is 1. The summed E-state index contributed by atoms with van der Waals surface area (Å²) < 4.78 is 5.29. The van der Waals surface area contributed by atoms with Crippen molar-refractivity contribution in [2.24, 2.45) is 11.8 Å². The molecule has 2 atom stereocenters. The molecule has 4 rings (SSSR count). The van der Waals surface area contributed by atoms with Crippen molar-refractivity contribution in [3.8, 4) is 0 Å². The fourth-order valence-corrected chi connectivity index (χ4v) is 5.96. The number of hydrogen-bond acceptors (Lipinski definition) is 5. The summed E-state index contributed by atoms with van der Waals surface area (Å²) in [5.74, 6) is -1.31. The number of imide groups is 1. The van der Waals surface area contributed by atoms with Gasteiger partial charge in [-0.3, -0.25) is 9.59 Å². The van der Waals surface area contributed by atoms with E-state index in [2.05, 4.69) is 0 Å². The molecule has 0 spiro atoms. The zero-order valence-electron chi connectivity index (χ0n) is 16.1. The van der Waals surface area contributed by atoms with Crippen LogP contribution in [-0.4, -0.2) is 24.4 Å². The number of amides is 2. The third-order valence-electron chi connectivity index (χ3n) is 6.18. The highest BCUT2D eigenvalue weighted by atomic mass is 32.1. The highest BCUT2D eigenvalue weighted by Gasteiger charge is 2.51. The first-order chi connectivity index (χ1) is 12.9. The van der Waals surface area contributed by atoms with Gasteiger partial charge in [-0.05, 0) is 64.9 Å². The lowest BCUT2D eigenvalue weighted by Crippen LogP contribution is -2.31. The van der Waals surface area contributed by atoms with Crippen LogP contribution >= 0.6 is 11.3 Å². The van der Waals surface area contributed by atoms with Crippen molar-refractivity contribution in [3.05, 3.63) is 27.2 Å². The topological polar surface area (TPSA) is 63.7 Å². The lowest BCUT2D eigenvalue weighted by Gasteiger charge is -2.23. The van der Waals surface area contributed by atoms with E-state index >= 15 is 0 Å². The molecule has 0 unspecified atom stereocenters. The summed E-state index contributed by atoms with van der Waals surface area (Å²) in [6.45, 7) is 6.13. The molecule has 0 saturated carbocycles. The third-order valence-corrected chi connectivity index (χ3v) is 7.45. The molecule has 1 aliphatic heterocycles. The molecule has 5 nitrogen and oxygen atoms in total. The Kier molecular flexibility index (Phi) is 4.70. The monoisotopic (exact) mass is 387 g/mol. The Hall–Kier alpha value is -1.95. The second-order valence-corrected chi connectivity index (χ2v) is 8.89. The van der Waals surface area contributed by atoms with Crippen LogP contribution in [0.3, 0.4) is 0 Å². The molecule has 0 N–H and O–H groups in total. The summed E-state index contributed by atoms with van der Waals surface area (Å²) in [7, 11) is 0. The largest absolute Gasteiger partial charge is 0.462 e. The Bertz CT molecular complexity index is 834. The first kappa shape index (κ1) is 18.4. The molecule has 1 fully saturated rings. The summed E-state index contributed by atoms with van der Waals surface area (Å²) in [6.07, 6.45) is 5.07. The molecule has 0 aromatic carbocycles. The van der Waals surface area contributed by atoms with Crippen molar-refractivity contribution < 1.29 is 19.1 Å². The predicted molar refractivity (Wildman–Crippen MR) is 104 cm³/mol. The minimum Gasteiger partial charge on any atom is -0.462 e. The number of allylic oxidation sites excluding steroid dienone is 2. The van der Waals surface area contributed by atoms with Gasteiger partial charge in [0.2, 0.25) is 11.8 Å². The zero-order valence-corrected chi connectivity index (χ0v) is 16.9. The number of nitrogens with zero attached hydrogens (tertiary/aromatic N) is 1. The van der Waals surface area contributed by atoms with E-state index in [0.29, 0.717) is 23.4 Å². The van der Waals surface area contributed by atoms with Crippen molar-refractivity contribution in [2.45, 2.75) is 59.3 Å². The van der Waals surface area contributed by atoms with Gasteiger partial charge < -0.3 is 4.74 Å². The van der Waals surface area contributed by atoms with Gasteiger partial charge in [0.05, 0.1) is 24.0 Å². The Morgan fingerprint density at radius 2 is 1.67 bits per heavy atom. The van der Waals surface area contributed by atoms with E-state index in [4.69, 9.17) is 4.74 Å². The Morgan fingerprint density at radius 3 is 2.26 bits per heavy atom. The van der Waals surface area contributed by atoms with Crippen LogP contribution in [0.25, 0.3) is 0 Å². The molecule has 0 radical (unpaired) electrons. The molecule has 1 aromatic rings. The fourth-order valence-electron chi connectivity index (χ4n) is 4.57. The molecule has 1 saturated heterocycles. The van der Waals surface area contributed by atoms with E-state index in [-0.39, 0.29) is 30.3 Å². The van der Waals surface area contributed by atoms with Gasteiger partial charge in [0.25, 0.3) is 0 Å². The van der Waals surface area contributed by atoms with Gasteiger partial charge in [-0.15, -0.1) is 11.3 Å². The van der Waals surface area contributed by atoms with E-state index in [1.165, 1.54) is 27.4 Å². The van der Waals surface area contributed by atoms with Crippen molar-refractivity contribution in [1.82, 2.24) is 0 Å². The molecule has 27 heavy (non-hydrogen) atoms. The van der Waals surface area contributed by atoms with Gasteiger partial charge in [0.1, 0.15) is 5.00 Å². The van der Waals surface area contributed by atoms with Crippen LogP contribution in [0.1, 0.15) is 67.3 Å². The number of esters is 1. The van der Waals surface area contributed by atoms with E-state index in [1.54, 1.807) is 6.92 Å². The number of carbonyl (C=O) groups is 3. The molecule has 2 aliphatic carbocycles. The van der Waals surface area contributed by atoms with E-state index in [0.717, 1.165) is 36.1 Å². The maximum atomic E-state index is 13.2. The van der Waals surface area contributed by atoms with Crippen LogP contribution in [0.2, 0.25) is 0 Å². The smallest absolute Gasteiger partial charge is 0.341 e. The summed E-state index contributed by atoms with van der Waals surface area (Å²) in [5.41, 5.74) is 3.85. The van der Waals surface area contributed by atoms with Crippen LogP contribution < -0.4 is 4.90 Å². The summed E-state index contributed by atoms with van der Waals surface area (Å²) in [6, 6.07) is 0. The van der Waals surface area contributed by atoms with Crippen molar-refractivity contribution >= 4 is 34.1 Å². The normalized spacial score (nSPS) is 24.9. The summed E-state index contributed by atoms with van der Waals surface area (Å²) in [5, 5.41) is 0.500. The summed E-state index contributed by atoms with van der Waals surface area (Å²) >= 11 is 1.44. The average molecular weight is 388 g/mol. The summed E-state index contributed by atoms with van der Waals surface area (Å²) in [4.78, 5) is 41.5.